The van der Waals surface area contributed by atoms with Crippen LogP contribution >= 0.6 is 0 Å². The molecule has 13 aromatic rings. The van der Waals surface area contributed by atoms with Gasteiger partial charge in [0.2, 0.25) is 5.71 Å². The van der Waals surface area contributed by atoms with Gasteiger partial charge in [-0.2, -0.15) is 4.98 Å². The topological polar surface area (TPSA) is 96.9 Å². The molecule has 5 aromatic heterocycles. The number of imidazole rings is 2. The van der Waals surface area contributed by atoms with Crippen molar-refractivity contribution in [2.24, 2.45) is 0 Å². The van der Waals surface area contributed by atoms with Crippen molar-refractivity contribution in [3.05, 3.63) is 204 Å². The number of aromatic nitrogens is 6. The highest BCUT2D eigenvalue weighted by Crippen LogP contribution is 2.47. The minimum absolute atomic E-state index is 0.173. The number of nitrogens with zero attached hydrogens (tertiary/aromatic N) is 6. The van der Waals surface area contributed by atoms with Gasteiger partial charge in [0.1, 0.15) is 39.9 Å². The molecule has 79 heavy (non-hydrogen) atoms. The second kappa shape index (κ2) is 19.4. The molecule has 0 radical (unpaired) electrons. The molecule has 0 saturated carbocycles. The Morgan fingerprint density at radius 3 is 1.44 bits per heavy atom. The quantitative estimate of drug-likeness (QED) is 0.120. The summed E-state index contributed by atoms with van der Waals surface area (Å²) >= 11 is 0. The molecule has 13 rings (SSSR count). The van der Waals surface area contributed by atoms with Crippen molar-refractivity contribution in [1.29, 1.82) is 0 Å². The zero-order chi connectivity index (χ0) is 54.4. The monoisotopic (exact) mass is 1030 g/mol. The van der Waals surface area contributed by atoms with E-state index in [1.165, 1.54) is 50.2 Å². The number of hydrogen-bond acceptors (Lipinski definition) is 7. The Morgan fingerprint density at radius 1 is 0.405 bits per heavy atom. The van der Waals surface area contributed by atoms with Gasteiger partial charge in [-0.25, -0.2) is 15.0 Å². The number of para-hydroxylation sites is 4. The summed E-state index contributed by atoms with van der Waals surface area (Å²) in [5, 5.41) is 1.48. The molecule has 0 fully saturated rings. The van der Waals surface area contributed by atoms with Gasteiger partial charge < -0.3 is 13.6 Å². The third kappa shape index (κ3) is 8.47. The molecule has 0 aliphatic rings. The van der Waals surface area contributed by atoms with E-state index in [9.17, 15) is 0 Å². The van der Waals surface area contributed by atoms with Crippen molar-refractivity contribution >= 4 is 55.3 Å². The van der Waals surface area contributed by atoms with E-state index in [1.807, 2.05) is 26.0 Å². The molecule has 8 aromatic carbocycles. The van der Waals surface area contributed by atoms with Crippen molar-refractivity contribution < 1.29 is 13.6 Å². The Kier molecular flexibility index (Phi) is 12.2. The van der Waals surface area contributed by atoms with Crippen LogP contribution in [-0.4, -0.2) is 29.1 Å². The Hall–Kier alpha value is -9.08. The van der Waals surface area contributed by atoms with Crippen LogP contribution in [0.2, 0.25) is 0 Å². The Bertz CT molecular complexity index is 4440. The minimum atomic E-state index is 0.173. The lowest BCUT2D eigenvalue weighted by molar-refractivity contribution is 0.483. The van der Waals surface area contributed by atoms with E-state index in [0.717, 1.165) is 67.0 Å². The SMILES string of the molecule is Cc1nc(C)c2c(n1)oc1c3cc(Oc4cccc(-c5nc6ccccc6n5-c5c(C(C)C)cc(-c6ccccc6)cc5C(C)C)c4)cc(-c4nc5ccccc5n4-c4c(C(C)C)cc(-c5ccccc5)cc4C(C)C)c3oc12. The highest BCUT2D eigenvalue weighted by Gasteiger charge is 2.30. The molecule has 0 unspecified atom stereocenters. The van der Waals surface area contributed by atoms with Crippen molar-refractivity contribution in [2.45, 2.75) is 92.9 Å². The smallest absolute Gasteiger partial charge is 0.234 e. The molecular formula is C70H62N6O3. The number of rotatable bonds is 12. The summed E-state index contributed by atoms with van der Waals surface area (Å²) in [6.07, 6.45) is 0. The molecule has 9 nitrogen and oxygen atoms in total. The van der Waals surface area contributed by atoms with Crippen LogP contribution in [0.15, 0.2) is 179 Å². The highest BCUT2D eigenvalue weighted by atomic mass is 16.5. The molecule has 0 saturated heterocycles. The minimum Gasteiger partial charge on any atom is -0.457 e. The molecule has 0 aliphatic carbocycles. The maximum absolute atomic E-state index is 7.18. The first-order valence-electron chi connectivity index (χ1n) is 27.6. The standard InChI is InChI=1S/C70H62N6O3/c1-39(2)52-33-48(45-22-13-11-14-23-45)34-53(40(3)4)63(52)75-60-30-19-17-28-58(60)73-68(75)47-26-21-27-50(32-47)77-51-37-56-65(78-67-62-43(9)71-44(10)72-70(62)79-66(56)67)57(38-51)69-74-59-29-18-20-31-61(59)76(69)64-54(41(5)6)35-49(36-55(64)42(7)8)46-24-15-12-16-25-46/h11-42H,1-10H3. The van der Waals surface area contributed by atoms with Crippen LogP contribution in [0.4, 0.5) is 0 Å². The molecule has 9 heteroatoms. The first kappa shape index (κ1) is 49.5. The summed E-state index contributed by atoms with van der Waals surface area (Å²) in [6, 6.07) is 60.1. The van der Waals surface area contributed by atoms with Gasteiger partial charge in [-0.3, -0.25) is 9.13 Å². The second-order valence-corrected chi connectivity index (χ2v) is 22.3. The van der Waals surface area contributed by atoms with E-state index >= 15 is 0 Å². The summed E-state index contributed by atoms with van der Waals surface area (Å²) in [4.78, 5) is 20.4. The maximum atomic E-state index is 7.18. The average molecular weight is 1040 g/mol. The summed E-state index contributed by atoms with van der Waals surface area (Å²) < 4.78 is 25.7. The molecule has 0 bridgehead atoms. The summed E-state index contributed by atoms with van der Waals surface area (Å²) in [5.74, 6) is 4.20. The highest BCUT2D eigenvalue weighted by molar-refractivity contribution is 6.15. The fraction of sp³-hybridized carbons (Fsp3) is 0.200. The van der Waals surface area contributed by atoms with E-state index in [2.05, 4.69) is 222 Å². The number of fused-ring (bicyclic) bond motifs is 7. The van der Waals surface area contributed by atoms with Gasteiger partial charge >= 0.3 is 0 Å². The van der Waals surface area contributed by atoms with Gasteiger partial charge in [0, 0.05) is 5.56 Å². The molecule has 0 spiro atoms. The molecule has 0 amide bonds. The molecule has 5 heterocycles. The van der Waals surface area contributed by atoms with Gasteiger partial charge in [0.15, 0.2) is 11.2 Å². The lowest BCUT2D eigenvalue weighted by Crippen LogP contribution is -2.09. The van der Waals surface area contributed by atoms with Crippen LogP contribution in [0.1, 0.15) is 113 Å². The summed E-state index contributed by atoms with van der Waals surface area (Å²) in [5.41, 5.74) is 20.5. The first-order valence-corrected chi connectivity index (χ1v) is 27.6. The fourth-order valence-corrected chi connectivity index (χ4v) is 11.7. The number of hydrogen-bond donors (Lipinski definition) is 0. The van der Waals surface area contributed by atoms with E-state index in [1.54, 1.807) is 0 Å². The average Bonchev–Trinajstić information content (AvgIpc) is 4.32. The molecule has 0 N–H and O–H groups in total. The van der Waals surface area contributed by atoms with Crippen LogP contribution in [0.3, 0.4) is 0 Å². The van der Waals surface area contributed by atoms with Crippen molar-refractivity contribution in [3.8, 4) is 67.9 Å². The lowest BCUT2D eigenvalue weighted by Gasteiger charge is -2.24. The normalized spacial score (nSPS) is 12.1. The van der Waals surface area contributed by atoms with Crippen molar-refractivity contribution in [2.75, 3.05) is 0 Å². The summed E-state index contributed by atoms with van der Waals surface area (Å²) in [6.45, 7) is 22.1. The van der Waals surface area contributed by atoms with Crippen molar-refractivity contribution in [1.82, 2.24) is 29.1 Å². The van der Waals surface area contributed by atoms with Crippen molar-refractivity contribution in [3.63, 3.8) is 0 Å². The Labute approximate surface area is 460 Å². The molecular weight excluding hydrogens is 973 g/mol. The Morgan fingerprint density at radius 2 is 0.899 bits per heavy atom. The zero-order valence-corrected chi connectivity index (χ0v) is 46.4. The number of benzene rings is 8. The second-order valence-electron chi connectivity index (χ2n) is 22.3. The fourth-order valence-electron chi connectivity index (χ4n) is 11.7. The summed E-state index contributed by atoms with van der Waals surface area (Å²) in [7, 11) is 0. The van der Waals surface area contributed by atoms with Gasteiger partial charge in [0.25, 0.3) is 0 Å². The van der Waals surface area contributed by atoms with Crippen LogP contribution < -0.4 is 4.74 Å². The molecule has 0 aliphatic heterocycles. The van der Waals surface area contributed by atoms with Crippen LogP contribution in [-0.2, 0) is 0 Å². The van der Waals surface area contributed by atoms with Crippen LogP contribution in [0, 0.1) is 13.8 Å². The van der Waals surface area contributed by atoms with Crippen LogP contribution in [0.25, 0.3) is 112 Å². The number of aryl methyl sites for hydroxylation is 2. The lowest BCUT2D eigenvalue weighted by atomic mass is 9.88. The maximum Gasteiger partial charge on any atom is 0.234 e. The number of furan rings is 2. The van der Waals surface area contributed by atoms with Gasteiger partial charge in [-0.15, -0.1) is 0 Å². The third-order valence-corrected chi connectivity index (χ3v) is 15.5. The number of ether oxygens (including phenoxy) is 1. The van der Waals surface area contributed by atoms with E-state index in [4.69, 9.17) is 33.5 Å². The Balaban J connectivity index is 1.03. The first-order chi connectivity index (χ1) is 38.3. The predicted octanol–water partition coefficient (Wildman–Crippen LogP) is 19.4. The van der Waals surface area contributed by atoms with Gasteiger partial charge in [-0.1, -0.05) is 152 Å². The van der Waals surface area contributed by atoms with Gasteiger partial charge in [-0.05, 0) is 155 Å². The predicted molar refractivity (Wildman–Crippen MR) is 322 cm³/mol. The largest absolute Gasteiger partial charge is 0.457 e. The molecule has 0 atom stereocenters. The van der Waals surface area contributed by atoms with E-state index in [-0.39, 0.29) is 23.7 Å². The van der Waals surface area contributed by atoms with E-state index in [0.29, 0.717) is 39.8 Å². The van der Waals surface area contributed by atoms with Crippen LogP contribution in [0.5, 0.6) is 11.5 Å². The van der Waals surface area contributed by atoms with Gasteiger partial charge in [0.05, 0.1) is 50.1 Å². The zero-order valence-electron chi connectivity index (χ0n) is 46.4. The third-order valence-electron chi connectivity index (χ3n) is 15.5. The van der Waals surface area contributed by atoms with E-state index < -0.39 is 0 Å². The molecule has 390 valence electrons.